The Kier molecular flexibility index (Phi) is 6.17. The third-order valence-corrected chi connectivity index (χ3v) is 4.19. The Balaban J connectivity index is 0.00000121. The Morgan fingerprint density at radius 1 is 1.32 bits per heavy atom. The fourth-order valence-corrected chi connectivity index (χ4v) is 3.13. The number of rotatable bonds is 4. The largest absolute Gasteiger partial charge is 0.477 e. The van der Waals surface area contributed by atoms with E-state index in [4.69, 9.17) is 9.84 Å². The zero-order valence-electron chi connectivity index (χ0n) is 12.0. The summed E-state index contributed by atoms with van der Waals surface area (Å²) in [5, 5.41) is 8.79. The Morgan fingerprint density at radius 3 is 2.41 bits per heavy atom. The summed E-state index contributed by atoms with van der Waals surface area (Å²) in [6.45, 7) is 2.53. The number of carbonyl (C=O) groups is 2. The van der Waals surface area contributed by atoms with E-state index in [1.165, 1.54) is 13.2 Å². The number of halogens is 2. The molecule has 0 amide bonds. The van der Waals surface area contributed by atoms with E-state index in [-0.39, 0.29) is 42.4 Å². The van der Waals surface area contributed by atoms with Crippen molar-refractivity contribution in [3.8, 4) is 0 Å². The molecule has 0 radical (unpaired) electrons. The number of carboxylic acids is 1. The molecule has 22 heavy (non-hydrogen) atoms. The van der Waals surface area contributed by atoms with Gasteiger partial charge in [-0.05, 0) is 23.5 Å². The second-order valence-corrected chi connectivity index (χ2v) is 5.43. The van der Waals surface area contributed by atoms with Crippen LogP contribution in [0.5, 0.6) is 0 Å². The van der Waals surface area contributed by atoms with Crippen LogP contribution in [-0.4, -0.2) is 47.1 Å². The van der Waals surface area contributed by atoms with Gasteiger partial charge in [0.2, 0.25) is 0 Å². The molecule has 1 saturated heterocycles. The number of aromatic nitrogens is 1. The van der Waals surface area contributed by atoms with Crippen LogP contribution in [0.1, 0.15) is 16.1 Å². The second-order valence-electron chi connectivity index (χ2n) is 5.43. The Labute approximate surface area is 140 Å². The number of likely N-dealkylation sites (tertiary alicyclic amines) is 1. The molecule has 122 valence electrons. The number of hydrogen-bond donors (Lipinski definition) is 1. The lowest BCUT2D eigenvalue weighted by Gasteiger charge is -2.18. The van der Waals surface area contributed by atoms with Crippen molar-refractivity contribution in [2.75, 3.05) is 20.2 Å². The number of aromatic carboxylic acids is 1. The molecule has 2 aliphatic rings. The Morgan fingerprint density at radius 2 is 1.95 bits per heavy atom. The molecule has 3 rings (SSSR count). The van der Waals surface area contributed by atoms with E-state index in [2.05, 4.69) is 9.88 Å². The van der Waals surface area contributed by atoms with Gasteiger partial charge < -0.3 is 9.84 Å². The number of hydrogen-bond acceptors (Lipinski definition) is 5. The first-order valence-corrected chi connectivity index (χ1v) is 6.58. The summed E-state index contributed by atoms with van der Waals surface area (Å²) in [4.78, 5) is 28.3. The molecular formula is C14H18Cl2N2O4. The minimum Gasteiger partial charge on any atom is -0.477 e. The average Bonchev–Trinajstić information content (AvgIpc) is 2.95. The molecule has 2 heterocycles. The molecule has 6 nitrogen and oxygen atoms in total. The minimum atomic E-state index is -1.01. The summed E-state index contributed by atoms with van der Waals surface area (Å²) < 4.78 is 4.78. The predicted molar refractivity (Wildman–Crippen MR) is 83.5 cm³/mol. The molecule has 1 saturated carbocycles. The van der Waals surface area contributed by atoms with Gasteiger partial charge in [0, 0.05) is 25.8 Å². The third-order valence-electron chi connectivity index (χ3n) is 4.19. The van der Waals surface area contributed by atoms with Crippen molar-refractivity contribution < 1.29 is 19.4 Å². The maximum atomic E-state index is 11.4. The number of methoxy groups -OCH3 is 1. The maximum absolute atomic E-state index is 11.4. The molecule has 3 atom stereocenters. The summed E-state index contributed by atoms with van der Waals surface area (Å²) in [7, 11) is 1.43. The van der Waals surface area contributed by atoms with Crippen LogP contribution in [0.25, 0.3) is 0 Å². The summed E-state index contributed by atoms with van der Waals surface area (Å²) in [5.41, 5.74) is 1.05. The highest BCUT2D eigenvalue weighted by Crippen LogP contribution is 2.52. The second kappa shape index (κ2) is 7.26. The van der Waals surface area contributed by atoms with E-state index in [0.717, 1.165) is 25.2 Å². The van der Waals surface area contributed by atoms with Gasteiger partial charge in [0.25, 0.3) is 0 Å². The van der Waals surface area contributed by atoms with Gasteiger partial charge in [0.1, 0.15) is 5.69 Å². The molecule has 0 aromatic carbocycles. The van der Waals surface area contributed by atoms with E-state index in [0.29, 0.717) is 11.8 Å². The van der Waals surface area contributed by atoms with Crippen LogP contribution >= 0.6 is 24.8 Å². The summed E-state index contributed by atoms with van der Waals surface area (Å²) in [6, 6.07) is 3.31. The highest BCUT2D eigenvalue weighted by Gasteiger charge is 2.59. The highest BCUT2D eigenvalue weighted by molar-refractivity contribution is 5.86. The van der Waals surface area contributed by atoms with Crippen LogP contribution in [0.3, 0.4) is 0 Å². The number of ether oxygens (including phenoxy) is 1. The van der Waals surface area contributed by atoms with Crippen molar-refractivity contribution in [2.24, 2.45) is 17.8 Å². The van der Waals surface area contributed by atoms with Crippen molar-refractivity contribution in [3.05, 3.63) is 29.6 Å². The van der Waals surface area contributed by atoms with Crippen LogP contribution in [0.15, 0.2) is 18.3 Å². The molecule has 0 spiro atoms. The van der Waals surface area contributed by atoms with Gasteiger partial charge in [-0.3, -0.25) is 9.69 Å². The first-order chi connectivity index (χ1) is 9.60. The standard InChI is InChI=1S/C14H16N2O4.2ClH/c1-20-14(19)12-9-6-16(7-10(9)12)5-8-2-3-11(13(17)18)15-4-8;;/h2-4,9-10,12H,5-7H2,1H3,(H,17,18);2*1H/t9-,10+,12?;;. The third kappa shape index (κ3) is 3.51. The van der Waals surface area contributed by atoms with Crippen LogP contribution in [-0.2, 0) is 16.1 Å². The van der Waals surface area contributed by atoms with Crippen LogP contribution in [0.2, 0.25) is 0 Å². The van der Waals surface area contributed by atoms with Crippen LogP contribution in [0, 0.1) is 17.8 Å². The lowest BCUT2D eigenvalue weighted by molar-refractivity contribution is -0.143. The molecule has 2 fully saturated rings. The zero-order valence-corrected chi connectivity index (χ0v) is 13.6. The quantitative estimate of drug-likeness (QED) is 0.830. The lowest BCUT2D eigenvalue weighted by atomic mass is 10.2. The van der Waals surface area contributed by atoms with Crippen molar-refractivity contribution >= 4 is 36.8 Å². The number of nitrogens with zero attached hydrogens (tertiary/aromatic N) is 2. The van der Waals surface area contributed by atoms with Crippen LogP contribution in [0.4, 0.5) is 0 Å². The Bertz CT molecular complexity index is 540. The predicted octanol–water partition coefficient (Wildman–Crippen LogP) is 1.47. The molecule has 8 heteroatoms. The van der Waals surface area contributed by atoms with Crippen molar-refractivity contribution in [1.82, 2.24) is 9.88 Å². The van der Waals surface area contributed by atoms with Gasteiger partial charge in [0.05, 0.1) is 13.0 Å². The van der Waals surface area contributed by atoms with Crippen molar-refractivity contribution in [3.63, 3.8) is 0 Å². The number of piperidine rings is 1. The topological polar surface area (TPSA) is 79.7 Å². The molecule has 1 aromatic rings. The molecule has 1 unspecified atom stereocenters. The van der Waals surface area contributed by atoms with Gasteiger partial charge in [-0.2, -0.15) is 0 Å². The van der Waals surface area contributed by atoms with Gasteiger partial charge in [-0.1, -0.05) is 6.07 Å². The van der Waals surface area contributed by atoms with E-state index in [1.807, 2.05) is 0 Å². The van der Waals surface area contributed by atoms with E-state index in [9.17, 15) is 9.59 Å². The monoisotopic (exact) mass is 348 g/mol. The average molecular weight is 349 g/mol. The number of fused-ring (bicyclic) bond motifs is 1. The first-order valence-electron chi connectivity index (χ1n) is 6.58. The molecular weight excluding hydrogens is 331 g/mol. The van der Waals surface area contributed by atoms with Crippen LogP contribution < -0.4 is 0 Å². The maximum Gasteiger partial charge on any atom is 0.354 e. The highest BCUT2D eigenvalue weighted by atomic mass is 35.5. The summed E-state index contributed by atoms with van der Waals surface area (Å²) in [5.74, 6) is -0.168. The molecule has 1 aromatic heterocycles. The van der Waals surface area contributed by atoms with Crippen molar-refractivity contribution in [1.29, 1.82) is 0 Å². The Hall–Kier alpha value is -1.37. The number of carboxylic acid groups (broad SMARTS) is 1. The summed E-state index contributed by atoms with van der Waals surface area (Å²) >= 11 is 0. The first kappa shape index (κ1) is 18.7. The minimum absolute atomic E-state index is 0. The number of carbonyl (C=O) groups excluding carboxylic acids is 1. The van der Waals surface area contributed by atoms with Crippen molar-refractivity contribution in [2.45, 2.75) is 6.54 Å². The van der Waals surface area contributed by atoms with Gasteiger partial charge in [0.15, 0.2) is 0 Å². The SMILES string of the molecule is COC(=O)C1[C@H]2CN(Cc3ccc(C(=O)O)nc3)C[C@@H]12.Cl.Cl. The molecule has 1 N–H and O–H groups in total. The van der Waals surface area contributed by atoms with Gasteiger partial charge in [-0.15, -0.1) is 24.8 Å². The molecule has 1 aliphatic heterocycles. The normalized spacial score (nSPS) is 25.4. The van der Waals surface area contributed by atoms with E-state index >= 15 is 0 Å². The van der Waals surface area contributed by atoms with Gasteiger partial charge in [-0.25, -0.2) is 9.78 Å². The smallest absolute Gasteiger partial charge is 0.354 e. The van der Waals surface area contributed by atoms with E-state index < -0.39 is 5.97 Å². The summed E-state index contributed by atoms with van der Waals surface area (Å²) in [6.07, 6.45) is 1.60. The number of esters is 1. The number of pyridine rings is 1. The van der Waals surface area contributed by atoms with Gasteiger partial charge >= 0.3 is 11.9 Å². The molecule has 0 bridgehead atoms. The fraction of sp³-hybridized carbons (Fsp3) is 0.500. The zero-order chi connectivity index (χ0) is 14.3. The molecule has 1 aliphatic carbocycles. The fourth-order valence-electron chi connectivity index (χ4n) is 3.13. The lowest BCUT2D eigenvalue weighted by Crippen LogP contribution is -2.26. The van der Waals surface area contributed by atoms with E-state index in [1.54, 1.807) is 12.3 Å².